The van der Waals surface area contributed by atoms with Gasteiger partial charge in [-0.3, -0.25) is 0 Å². The van der Waals surface area contributed by atoms with E-state index in [1.165, 1.54) is 197 Å². The molecule has 1 N–H and O–H groups in total. The zero-order chi connectivity index (χ0) is 85.5. The maximum absolute atomic E-state index is 3.79. The van der Waals surface area contributed by atoms with Crippen molar-refractivity contribution in [1.29, 1.82) is 0 Å². The van der Waals surface area contributed by atoms with Crippen molar-refractivity contribution in [2.24, 2.45) is 0 Å². The van der Waals surface area contributed by atoms with Crippen LogP contribution in [-0.4, -0.2) is 34.8 Å². The number of nitrogens with zero attached hydrogens (tertiary/aromatic N) is 3. The van der Waals surface area contributed by atoms with E-state index >= 15 is 0 Å². The van der Waals surface area contributed by atoms with E-state index in [1.807, 2.05) is 22.7 Å². The first kappa shape index (κ1) is 77.5. The Morgan fingerprint density at radius 3 is 0.938 bits per heavy atom. The van der Waals surface area contributed by atoms with Gasteiger partial charge in [0.1, 0.15) is 0 Å². The summed E-state index contributed by atoms with van der Waals surface area (Å²) in [5, 5.41) is 26.4. The highest BCUT2D eigenvalue weighted by molar-refractivity contribution is 9.10. The molecule has 0 saturated carbocycles. The number of halogens is 1. The molecular formula is C120H81BrN4S2Si2. The van der Waals surface area contributed by atoms with Crippen molar-refractivity contribution in [2.75, 3.05) is 0 Å². The first-order valence-electron chi connectivity index (χ1n) is 44.0. The molecule has 0 spiro atoms. The molecule has 129 heavy (non-hydrogen) atoms. The summed E-state index contributed by atoms with van der Waals surface area (Å²) in [7, 11) is -5.57. The van der Waals surface area contributed by atoms with Crippen molar-refractivity contribution in [2.45, 2.75) is 0 Å². The fourth-order valence-corrected chi connectivity index (χ4v) is 33.6. The minimum absolute atomic E-state index is 1.11. The molecule has 26 rings (SSSR count). The van der Waals surface area contributed by atoms with Gasteiger partial charge in [-0.05, 0) is 173 Å². The Morgan fingerprint density at radius 2 is 0.496 bits per heavy atom. The molecule has 0 radical (unpaired) electrons. The highest BCUT2D eigenvalue weighted by atomic mass is 79.9. The summed E-state index contributed by atoms with van der Waals surface area (Å²) in [4.78, 5) is 3.52. The molecule has 0 aliphatic heterocycles. The second-order valence-electron chi connectivity index (χ2n) is 33.4. The summed E-state index contributed by atoms with van der Waals surface area (Å²) in [6.45, 7) is 0. The van der Waals surface area contributed by atoms with Gasteiger partial charge in [-0.2, -0.15) is 0 Å². The fraction of sp³-hybridized carbons (Fsp3) is 0. The van der Waals surface area contributed by atoms with Gasteiger partial charge in [-0.1, -0.05) is 392 Å². The van der Waals surface area contributed by atoms with Gasteiger partial charge in [0.2, 0.25) is 0 Å². The van der Waals surface area contributed by atoms with Crippen LogP contribution in [0.5, 0.6) is 0 Å². The lowest BCUT2D eigenvalue weighted by molar-refractivity contribution is 1.17. The normalized spacial score (nSPS) is 11.9. The van der Waals surface area contributed by atoms with Crippen LogP contribution < -0.4 is 41.5 Å². The van der Waals surface area contributed by atoms with Crippen LogP contribution in [0.2, 0.25) is 0 Å². The van der Waals surface area contributed by atoms with Crippen molar-refractivity contribution in [3.05, 3.63) is 490 Å². The number of aromatic nitrogens is 4. The minimum atomic E-state index is -2.95. The number of para-hydroxylation sites is 6. The monoisotopic (exact) mass is 1780 g/mol. The van der Waals surface area contributed by atoms with E-state index in [0.29, 0.717) is 0 Å². The first-order chi connectivity index (χ1) is 63.9. The summed E-state index contributed by atoms with van der Waals surface area (Å²) in [5.74, 6) is 0. The summed E-state index contributed by atoms with van der Waals surface area (Å²) in [6.07, 6.45) is 0. The Balaban J connectivity index is 0.000000120. The lowest BCUT2D eigenvalue weighted by Crippen LogP contribution is -2.74. The van der Waals surface area contributed by atoms with Crippen LogP contribution in [-0.2, 0) is 0 Å². The lowest BCUT2D eigenvalue weighted by atomic mass is 10.0. The number of nitrogens with one attached hydrogen (secondary N) is 1. The minimum Gasteiger partial charge on any atom is -0.355 e. The molecular weight excluding hydrogens is 1700 g/mol. The molecule has 0 fully saturated rings. The number of hydrogen-bond acceptors (Lipinski definition) is 2. The van der Waals surface area contributed by atoms with Crippen LogP contribution in [0, 0.1) is 0 Å². The van der Waals surface area contributed by atoms with E-state index in [2.05, 4.69) is 520 Å². The van der Waals surface area contributed by atoms with E-state index in [1.54, 1.807) is 0 Å². The van der Waals surface area contributed by atoms with Crippen molar-refractivity contribution >= 4 is 224 Å². The van der Waals surface area contributed by atoms with Crippen LogP contribution in [0.25, 0.3) is 167 Å². The lowest BCUT2D eigenvalue weighted by Gasteiger charge is -2.35. The Morgan fingerprint density at radius 1 is 0.194 bits per heavy atom. The zero-order valence-corrected chi connectivity index (χ0v) is 75.4. The second kappa shape index (κ2) is 32.4. The molecule has 6 aromatic heterocycles. The number of hydrogen-bond donors (Lipinski definition) is 1. The molecule has 9 heteroatoms. The Bertz CT molecular complexity index is 8620. The molecule has 20 aromatic carbocycles. The molecule has 0 bridgehead atoms. The quantitative estimate of drug-likeness (QED) is 0.0881. The molecule has 0 saturated heterocycles. The molecule has 608 valence electrons. The number of H-pyrrole nitrogens is 1. The number of benzene rings is 20. The van der Waals surface area contributed by atoms with E-state index in [0.717, 1.165) is 15.8 Å². The van der Waals surface area contributed by atoms with E-state index in [-0.39, 0.29) is 0 Å². The summed E-state index contributed by atoms with van der Waals surface area (Å²) in [5.41, 5.74) is 18.3. The number of aromatic amines is 1. The molecule has 4 nitrogen and oxygen atoms in total. The predicted octanol–water partition coefficient (Wildman–Crippen LogP) is 27.6. The van der Waals surface area contributed by atoms with Gasteiger partial charge in [0.25, 0.3) is 0 Å². The Labute approximate surface area is 765 Å². The molecule has 0 aliphatic carbocycles. The third-order valence-corrected chi connectivity index (χ3v) is 38.9. The molecule has 0 amide bonds. The molecule has 0 unspecified atom stereocenters. The average molecular weight is 1780 g/mol. The number of rotatable bonds is 13. The third kappa shape index (κ3) is 13.0. The molecule has 0 aliphatic rings. The SMILES string of the molecule is Brc1cccc([Si](c2ccccc2)(c2ccccc2)c2cccc(-c3cccc4c3sc3ccccc34)c2)c1.c1ccc([Si](c2ccccc2)(c2cccc(-c3cccc4c3sc3ccccc34)c2)c2cccc(-n3c4ccccc4c4cc(-n5c6ccccc6c6ccccc65)ccc43)c2)cc1.c1ccc2c(c1)[nH]c1ccc(-n3c4ccccc4c4ccccc43)cc12. The smallest absolute Gasteiger partial charge is 0.179 e. The fourth-order valence-electron chi connectivity index (χ4n) is 20.9. The maximum Gasteiger partial charge on any atom is 0.179 e. The van der Waals surface area contributed by atoms with Crippen molar-refractivity contribution in [1.82, 2.24) is 18.7 Å². The summed E-state index contributed by atoms with van der Waals surface area (Å²) in [6, 6.07) is 179. The third-order valence-electron chi connectivity index (χ3n) is 26.5. The molecule has 0 atom stereocenters. The summed E-state index contributed by atoms with van der Waals surface area (Å²) < 4.78 is 13.7. The largest absolute Gasteiger partial charge is 0.355 e. The highest BCUT2D eigenvalue weighted by Crippen LogP contribution is 2.44. The molecule has 26 aromatic rings. The average Bonchev–Trinajstić information content (AvgIpc) is 1.25. The van der Waals surface area contributed by atoms with E-state index in [9.17, 15) is 0 Å². The summed E-state index contributed by atoms with van der Waals surface area (Å²) >= 11 is 7.58. The Kier molecular flexibility index (Phi) is 19.5. The highest BCUT2D eigenvalue weighted by Gasteiger charge is 2.44. The van der Waals surface area contributed by atoms with Crippen molar-refractivity contribution < 1.29 is 0 Å². The first-order valence-corrected chi connectivity index (χ1v) is 50.5. The van der Waals surface area contributed by atoms with E-state index < -0.39 is 16.1 Å². The van der Waals surface area contributed by atoms with Gasteiger partial charge in [-0.15, -0.1) is 22.7 Å². The van der Waals surface area contributed by atoms with Crippen LogP contribution in [0.1, 0.15) is 0 Å². The van der Waals surface area contributed by atoms with Crippen LogP contribution >= 0.6 is 38.6 Å². The van der Waals surface area contributed by atoms with Crippen LogP contribution in [0.3, 0.4) is 0 Å². The van der Waals surface area contributed by atoms with Gasteiger partial charge in [0, 0.05) is 116 Å². The van der Waals surface area contributed by atoms with Gasteiger partial charge in [-0.25, -0.2) is 0 Å². The van der Waals surface area contributed by atoms with Crippen molar-refractivity contribution in [3.8, 4) is 39.3 Å². The predicted molar refractivity (Wildman–Crippen MR) is 563 cm³/mol. The van der Waals surface area contributed by atoms with Crippen LogP contribution in [0.4, 0.5) is 0 Å². The standard InChI is InChI=1S/C60H40N2SSi.C36H25BrSSi.C24H16N2/c1-3-20-44(21-4-1)64(45-22-5-2-6-23-45,46-24-15-18-41(38-46)48-30-17-31-53-52-29-10-14-35-59(52)63-60(48)53)47-25-16-19-42(39-47)61-57-34-13-9-28-51(57)54-40-43(36-37-58(54)61)62-55-32-11-7-26-49(55)50-27-8-12-33-56(50)62;37-27-13-10-19-31(25-27)39(28-14-3-1-4-15-28,29-16-5-2-6-17-29)30-18-9-12-26(24-30)32-21-11-22-34-33-20-7-8-23-35(33)38-36(32)34;1-4-10-21-17(7-1)20-15-16(13-14-22(20)25-21)26-23-11-5-2-8-18(23)19-9-3-6-12-24(19)26/h1-40H;1-25H;1-15,25H. The second-order valence-corrected chi connectivity index (χ2v) is 44.1. The Hall–Kier alpha value is -15.0. The van der Waals surface area contributed by atoms with Gasteiger partial charge < -0.3 is 18.7 Å². The van der Waals surface area contributed by atoms with E-state index in [4.69, 9.17) is 0 Å². The zero-order valence-electron chi connectivity index (χ0n) is 70.2. The molecule has 6 heterocycles. The topological polar surface area (TPSA) is 30.6 Å². The number of thiophene rings is 2. The van der Waals surface area contributed by atoms with Crippen LogP contribution in [0.15, 0.2) is 490 Å². The maximum atomic E-state index is 3.79. The van der Waals surface area contributed by atoms with Crippen molar-refractivity contribution in [3.63, 3.8) is 0 Å². The van der Waals surface area contributed by atoms with Gasteiger partial charge >= 0.3 is 0 Å². The number of fused-ring (bicyclic) bond motifs is 18. The van der Waals surface area contributed by atoms with Gasteiger partial charge in [0.15, 0.2) is 16.1 Å². The van der Waals surface area contributed by atoms with Gasteiger partial charge in [0.05, 0.1) is 33.1 Å².